The van der Waals surface area contributed by atoms with Crippen LogP contribution in [0.1, 0.15) is 41.4 Å². The molecular weight excluding hydrogens is 500 g/mol. The summed E-state index contributed by atoms with van der Waals surface area (Å²) in [5, 5.41) is 15.8. The van der Waals surface area contributed by atoms with E-state index in [4.69, 9.17) is 21.2 Å². The number of amides is 1. The van der Waals surface area contributed by atoms with Crippen molar-refractivity contribution in [3.05, 3.63) is 53.0 Å². The number of fused-ring (bicyclic) bond motifs is 2. The number of carbonyl (C=O) groups excluding carboxylic acids is 1. The van der Waals surface area contributed by atoms with E-state index >= 15 is 0 Å². The molecule has 1 aliphatic heterocycles. The number of nitrogen functional groups attached to an aromatic ring is 1. The molecule has 0 bridgehead atoms. The van der Waals surface area contributed by atoms with Crippen LogP contribution in [-0.2, 0) is 6.42 Å². The first-order valence-corrected chi connectivity index (χ1v) is 13.9. The van der Waals surface area contributed by atoms with Crippen LogP contribution in [-0.4, -0.2) is 59.4 Å². The van der Waals surface area contributed by atoms with Crippen molar-refractivity contribution in [1.29, 1.82) is 0 Å². The third-order valence-electron chi connectivity index (χ3n) is 6.99. The number of anilines is 2. The number of benzene rings is 1. The number of carbonyl (C=O) groups is 1. The number of thiophene rings is 1. The largest absolute Gasteiger partial charge is 0.491 e. The maximum atomic E-state index is 11.8. The van der Waals surface area contributed by atoms with Gasteiger partial charge < -0.3 is 31.5 Å². The molecule has 0 aliphatic carbocycles. The highest BCUT2D eigenvalue weighted by Crippen LogP contribution is 2.37. The van der Waals surface area contributed by atoms with Crippen molar-refractivity contribution >= 4 is 49.9 Å². The molecule has 5 rings (SSSR count). The molecule has 0 saturated carbocycles. The first-order valence-electron chi connectivity index (χ1n) is 13.1. The van der Waals surface area contributed by atoms with Crippen molar-refractivity contribution in [2.24, 2.45) is 5.73 Å². The quantitative estimate of drug-likeness (QED) is 0.242. The number of aryl methyl sites for hydroxylation is 1. The molecule has 1 unspecified atom stereocenters. The second-order valence-electron chi connectivity index (χ2n) is 9.77. The average Bonchev–Trinajstić information content (AvgIpc) is 3.27. The van der Waals surface area contributed by atoms with Crippen molar-refractivity contribution in [2.75, 3.05) is 36.9 Å². The highest BCUT2D eigenvalue weighted by Gasteiger charge is 2.24. The third-order valence-corrected chi connectivity index (χ3v) is 8.10. The van der Waals surface area contributed by atoms with Gasteiger partial charge in [0.1, 0.15) is 34.0 Å². The molecule has 10 heteroatoms. The number of pyridine rings is 2. The van der Waals surface area contributed by atoms with E-state index in [2.05, 4.69) is 28.2 Å². The number of aromatic nitrogens is 2. The summed E-state index contributed by atoms with van der Waals surface area (Å²) in [7, 11) is 0. The summed E-state index contributed by atoms with van der Waals surface area (Å²) in [5.41, 5.74) is 14.3. The number of hydrogen-bond donors (Lipinski definition) is 4. The molecule has 1 aliphatic rings. The fraction of sp³-hybridized carbons (Fsp3) is 0.393. The number of nitrogens with two attached hydrogens (primary N) is 2. The Kier molecular flexibility index (Phi) is 7.92. The Hall–Kier alpha value is -3.47. The number of aliphatic hydroxyl groups excluding tert-OH is 1. The standard InChI is InChI=1S/C28H34N6O3S/c1-2-4-18-14-23(33-28-24(18)25(29)26(38-28)27(30)36)34-11-8-19(9-12-34)32-15-20(35)16-37-21-6-7-22-17(13-21)5-3-10-31-22/h3,5-7,10,13-14,19-20,32,35H,2,4,8-9,11-12,15-16,29H2,1H3,(H2,30,36). The summed E-state index contributed by atoms with van der Waals surface area (Å²) >= 11 is 1.27. The Bertz CT molecular complexity index is 1430. The molecule has 1 saturated heterocycles. The zero-order valence-electron chi connectivity index (χ0n) is 21.5. The van der Waals surface area contributed by atoms with Crippen molar-refractivity contribution in [3.8, 4) is 5.75 Å². The minimum Gasteiger partial charge on any atom is -0.491 e. The van der Waals surface area contributed by atoms with Crippen LogP contribution in [0.4, 0.5) is 11.5 Å². The van der Waals surface area contributed by atoms with E-state index in [0.29, 0.717) is 23.2 Å². The van der Waals surface area contributed by atoms with Gasteiger partial charge in [-0.25, -0.2) is 4.98 Å². The van der Waals surface area contributed by atoms with E-state index in [0.717, 1.165) is 77.0 Å². The van der Waals surface area contributed by atoms with Crippen LogP contribution in [0, 0.1) is 0 Å². The molecule has 4 aromatic rings. The van der Waals surface area contributed by atoms with Gasteiger partial charge in [-0.15, -0.1) is 11.3 Å². The number of ether oxygens (including phenoxy) is 1. The Morgan fingerprint density at radius 2 is 2.11 bits per heavy atom. The van der Waals surface area contributed by atoms with Crippen LogP contribution in [0.25, 0.3) is 21.1 Å². The number of nitrogens with one attached hydrogen (secondary N) is 1. The van der Waals surface area contributed by atoms with Crippen molar-refractivity contribution in [2.45, 2.75) is 44.8 Å². The molecule has 38 heavy (non-hydrogen) atoms. The molecule has 0 radical (unpaired) electrons. The smallest absolute Gasteiger partial charge is 0.260 e. The molecule has 200 valence electrons. The van der Waals surface area contributed by atoms with Crippen LogP contribution in [0.15, 0.2) is 42.6 Å². The maximum Gasteiger partial charge on any atom is 0.260 e. The number of aliphatic hydroxyl groups is 1. The number of primary amides is 1. The lowest BCUT2D eigenvalue weighted by Crippen LogP contribution is -2.45. The maximum absolute atomic E-state index is 11.8. The summed E-state index contributed by atoms with van der Waals surface area (Å²) in [6.45, 7) is 4.51. The van der Waals surface area contributed by atoms with E-state index in [9.17, 15) is 9.90 Å². The summed E-state index contributed by atoms with van der Waals surface area (Å²) in [6, 6.07) is 12.0. The van der Waals surface area contributed by atoms with Crippen molar-refractivity contribution in [1.82, 2.24) is 15.3 Å². The molecule has 1 atom stereocenters. The number of nitrogens with zero attached hydrogens (tertiary/aromatic N) is 3. The van der Waals surface area contributed by atoms with Crippen LogP contribution < -0.4 is 26.4 Å². The van der Waals surface area contributed by atoms with Gasteiger partial charge in [0.15, 0.2) is 0 Å². The molecule has 9 nitrogen and oxygen atoms in total. The SMILES string of the molecule is CCCc1cc(N2CCC(NCC(O)COc3ccc4ncccc4c3)CC2)nc2sc(C(N)=O)c(N)c12. The van der Waals surface area contributed by atoms with Crippen molar-refractivity contribution in [3.63, 3.8) is 0 Å². The van der Waals surface area contributed by atoms with E-state index < -0.39 is 12.0 Å². The molecule has 1 amide bonds. The van der Waals surface area contributed by atoms with E-state index in [1.165, 1.54) is 11.3 Å². The van der Waals surface area contributed by atoms with Gasteiger partial charge in [0.2, 0.25) is 0 Å². The predicted molar refractivity (Wildman–Crippen MR) is 153 cm³/mol. The van der Waals surface area contributed by atoms with Gasteiger partial charge in [-0.05, 0) is 55.2 Å². The summed E-state index contributed by atoms with van der Waals surface area (Å²) in [5.74, 6) is 1.12. The first kappa shape index (κ1) is 26.1. The molecule has 3 aromatic heterocycles. The van der Waals surface area contributed by atoms with E-state index in [-0.39, 0.29) is 6.61 Å². The fourth-order valence-electron chi connectivity index (χ4n) is 5.01. The van der Waals surface area contributed by atoms with Crippen LogP contribution >= 0.6 is 11.3 Å². The fourth-order valence-corrected chi connectivity index (χ4v) is 5.99. The van der Waals surface area contributed by atoms with Gasteiger partial charge in [-0.1, -0.05) is 19.4 Å². The highest BCUT2D eigenvalue weighted by atomic mass is 32.1. The Labute approximate surface area is 225 Å². The normalized spacial score (nSPS) is 15.3. The Morgan fingerprint density at radius 1 is 1.29 bits per heavy atom. The van der Waals surface area contributed by atoms with Gasteiger partial charge in [0.05, 0.1) is 11.2 Å². The molecule has 1 aromatic carbocycles. The lowest BCUT2D eigenvalue weighted by Gasteiger charge is -2.34. The zero-order valence-corrected chi connectivity index (χ0v) is 22.3. The molecular formula is C28H34N6O3S. The van der Waals surface area contributed by atoms with Gasteiger partial charge in [-0.2, -0.15) is 0 Å². The zero-order chi connectivity index (χ0) is 26.6. The number of rotatable bonds is 10. The molecule has 1 fully saturated rings. The van der Waals surface area contributed by atoms with Gasteiger partial charge in [-0.3, -0.25) is 9.78 Å². The van der Waals surface area contributed by atoms with Gasteiger partial charge >= 0.3 is 0 Å². The summed E-state index contributed by atoms with van der Waals surface area (Å²) in [4.78, 5) is 24.4. The summed E-state index contributed by atoms with van der Waals surface area (Å²) in [6.07, 6.45) is 4.86. The van der Waals surface area contributed by atoms with Gasteiger partial charge in [0.25, 0.3) is 5.91 Å². The topological polar surface area (TPSA) is 140 Å². The summed E-state index contributed by atoms with van der Waals surface area (Å²) < 4.78 is 5.81. The number of hydrogen-bond acceptors (Lipinski definition) is 9. The molecule has 6 N–H and O–H groups in total. The van der Waals surface area contributed by atoms with E-state index in [1.807, 2.05) is 30.3 Å². The first-order chi connectivity index (χ1) is 18.4. The van der Waals surface area contributed by atoms with Gasteiger partial charge in [0, 0.05) is 42.6 Å². The second-order valence-corrected chi connectivity index (χ2v) is 10.8. The monoisotopic (exact) mass is 534 g/mol. The lowest BCUT2D eigenvalue weighted by molar-refractivity contribution is 0.100. The van der Waals surface area contributed by atoms with Crippen LogP contribution in [0.5, 0.6) is 5.75 Å². The molecule has 4 heterocycles. The van der Waals surface area contributed by atoms with Crippen LogP contribution in [0.3, 0.4) is 0 Å². The number of piperidine rings is 1. The average molecular weight is 535 g/mol. The lowest BCUT2D eigenvalue weighted by atomic mass is 10.0. The Balaban J connectivity index is 1.14. The second kappa shape index (κ2) is 11.5. The Morgan fingerprint density at radius 3 is 2.87 bits per heavy atom. The van der Waals surface area contributed by atoms with Crippen molar-refractivity contribution < 1.29 is 14.6 Å². The minimum absolute atomic E-state index is 0.221. The van der Waals surface area contributed by atoms with E-state index in [1.54, 1.807) is 6.20 Å². The molecule has 0 spiro atoms. The predicted octanol–water partition coefficient (Wildman–Crippen LogP) is 3.48. The highest BCUT2D eigenvalue weighted by molar-refractivity contribution is 7.21. The minimum atomic E-state index is -0.609. The van der Waals surface area contributed by atoms with Crippen LogP contribution in [0.2, 0.25) is 0 Å². The third kappa shape index (κ3) is 5.67.